The average molecular weight is 325 g/mol. The lowest BCUT2D eigenvalue weighted by Crippen LogP contribution is -2.46. The van der Waals surface area contributed by atoms with E-state index in [4.69, 9.17) is 4.98 Å². The van der Waals surface area contributed by atoms with Crippen LogP contribution >= 0.6 is 0 Å². The number of anilines is 3. The first kappa shape index (κ1) is 16.7. The minimum absolute atomic E-state index is 0.831. The Morgan fingerprint density at radius 3 is 2.38 bits per heavy atom. The zero-order valence-corrected chi connectivity index (χ0v) is 15.1. The van der Waals surface area contributed by atoms with E-state index in [-0.39, 0.29) is 0 Å². The molecule has 5 heteroatoms. The third-order valence-electron chi connectivity index (χ3n) is 4.72. The lowest BCUT2D eigenvalue weighted by atomic mass is 10.1. The van der Waals surface area contributed by atoms with Crippen molar-refractivity contribution >= 4 is 17.5 Å². The number of aryl methyl sites for hydroxylation is 3. The van der Waals surface area contributed by atoms with E-state index in [1.165, 1.54) is 11.1 Å². The standard InChI is InChI=1S/C19H27N5/c1-5-23-8-10-24(11-9-23)19-20-16(4)13-18(22-19)21-17-7-6-14(2)15(3)12-17/h6-7,12-13H,5,8-11H2,1-4H3,(H,20,21,22). The first-order valence-electron chi connectivity index (χ1n) is 8.72. The lowest BCUT2D eigenvalue weighted by molar-refractivity contribution is 0.270. The Morgan fingerprint density at radius 1 is 0.958 bits per heavy atom. The SMILES string of the molecule is CCN1CCN(c2nc(C)cc(Nc3ccc(C)c(C)c3)n2)CC1. The predicted molar refractivity (Wildman–Crippen MR) is 100 cm³/mol. The van der Waals surface area contributed by atoms with E-state index >= 15 is 0 Å². The van der Waals surface area contributed by atoms with Crippen molar-refractivity contribution in [1.82, 2.24) is 14.9 Å². The van der Waals surface area contributed by atoms with Gasteiger partial charge in [-0.15, -0.1) is 0 Å². The van der Waals surface area contributed by atoms with E-state index in [0.29, 0.717) is 0 Å². The van der Waals surface area contributed by atoms with Crippen LogP contribution in [0.3, 0.4) is 0 Å². The van der Waals surface area contributed by atoms with Gasteiger partial charge in [-0.2, -0.15) is 4.98 Å². The van der Waals surface area contributed by atoms with Crippen molar-refractivity contribution in [2.45, 2.75) is 27.7 Å². The van der Waals surface area contributed by atoms with E-state index in [2.05, 4.69) is 59.1 Å². The number of likely N-dealkylation sites (N-methyl/N-ethyl adjacent to an activating group) is 1. The maximum atomic E-state index is 4.74. The third kappa shape index (κ3) is 3.85. The fourth-order valence-corrected chi connectivity index (χ4v) is 2.99. The molecule has 1 saturated heterocycles. The normalized spacial score (nSPS) is 15.6. The summed E-state index contributed by atoms with van der Waals surface area (Å²) < 4.78 is 0. The molecule has 0 unspecified atom stereocenters. The molecule has 0 spiro atoms. The van der Waals surface area contributed by atoms with Crippen LogP contribution < -0.4 is 10.2 Å². The van der Waals surface area contributed by atoms with E-state index in [0.717, 1.165) is 55.9 Å². The van der Waals surface area contributed by atoms with Crippen LogP contribution in [0.15, 0.2) is 24.3 Å². The maximum Gasteiger partial charge on any atom is 0.227 e. The van der Waals surface area contributed by atoms with Crippen molar-refractivity contribution in [1.29, 1.82) is 0 Å². The third-order valence-corrected chi connectivity index (χ3v) is 4.72. The number of benzene rings is 1. The molecular formula is C19H27N5. The molecule has 0 aliphatic carbocycles. The molecule has 24 heavy (non-hydrogen) atoms. The number of rotatable bonds is 4. The van der Waals surface area contributed by atoms with E-state index in [1.807, 2.05) is 13.0 Å². The topological polar surface area (TPSA) is 44.3 Å². The number of piperazine rings is 1. The Labute approximate surface area is 144 Å². The van der Waals surface area contributed by atoms with E-state index in [1.54, 1.807) is 0 Å². The minimum Gasteiger partial charge on any atom is -0.340 e. The van der Waals surface area contributed by atoms with Crippen molar-refractivity contribution in [2.75, 3.05) is 42.9 Å². The first-order chi connectivity index (χ1) is 11.5. The molecule has 1 fully saturated rings. The summed E-state index contributed by atoms with van der Waals surface area (Å²) in [6, 6.07) is 8.39. The average Bonchev–Trinajstić information content (AvgIpc) is 2.58. The van der Waals surface area contributed by atoms with Crippen molar-refractivity contribution in [2.24, 2.45) is 0 Å². The van der Waals surface area contributed by atoms with Crippen LogP contribution in [0.1, 0.15) is 23.7 Å². The molecule has 1 aliphatic heterocycles. The van der Waals surface area contributed by atoms with Crippen LogP contribution in [0, 0.1) is 20.8 Å². The lowest BCUT2D eigenvalue weighted by Gasteiger charge is -2.34. The van der Waals surface area contributed by atoms with Crippen LogP contribution in [0.5, 0.6) is 0 Å². The molecule has 1 aromatic heterocycles. The first-order valence-corrected chi connectivity index (χ1v) is 8.72. The van der Waals surface area contributed by atoms with Gasteiger partial charge in [0.2, 0.25) is 5.95 Å². The summed E-state index contributed by atoms with van der Waals surface area (Å²) in [5.41, 5.74) is 4.64. The second-order valence-electron chi connectivity index (χ2n) is 6.54. The molecule has 0 atom stereocenters. The van der Waals surface area contributed by atoms with Gasteiger partial charge in [-0.05, 0) is 50.6 Å². The molecule has 3 rings (SSSR count). The Hall–Kier alpha value is -2.14. The fraction of sp³-hybridized carbons (Fsp3) is 0.474. The Kier molecular flexibility index (Phi) is 5.00. The zero-order valence-electron chi connectivity index (χ0n) is 15.1. The molecule has 2 aromatic rings. The summed E-state index contributed by atoms with van der Waals surface area (Å²) >= 11 is 0. The van der Waals surface area contributed by atoms with Gasteiger partial charge in [-0.25, -0.2) is 4.98 Å². The van der Waals surface area contributed by atoms with Crippen LogP contribution in [0.2, 0.25) is 0 Å². The number of hydrogen-bond acceptors (Lipinski definition) is 5. The zero-order chi connectivity index (χ0) is 17.1. The highest BCUT2D eigenvalue weighted by Gasteiger charge is 2.18. The molecule has 1 aromatic carbocycles. The second kappa shape index (κ2) is 7.18. The number of nitrogens with one attached hydrogen (secondary N) is 1. The largest absolute Gasteiger partial charge is 0.340 e. The van der Waals surface area contributed by atoms with Crippen molar-refractivity contribution < 1.29 is 0 Å². The second-order valence-corrected chi connectivity index (χ2v) is 6.54. The summed E-state index contributed by atoms with van der Waals surface area (Å²) in [5.74, 6) is 1.69. The molecule has 0 bridgehead atoms. The van der Waals surface area contributed by atoms with Crippen LogP contribution in [0.25, 0.3) is 0 Å². The van der Waals surface area contributed by atoms with Gasteiger partial charge >= 0.3 is 0 Å². The van der Waals surface area contributed by atoms with Crippen LogP contribution in [0.4, 0.5) is 17.5 Å². The smallest absolute Gasteiger partial charge is 0.227 e. The minimum atomic E-state index is 0.831. The molecule has 128 valence electrons. The maximum absolute atomic E-state index is 4.74. The van der Waals surface area contributed by atoms with Gasteiger partial charge in [-0.3, -0.25) is 0 Å². The van der Waals surface area contributed by atoms with Gasteiger partial charge in [0.25, 0.3) is 0 Å². The highest BCUT2D eigenvalue weighted by molar-refractivity contribution is 5.59. The molecule has 1 aliphatic rings. The van der Waals surface area contributed by atoms with Crippen LogP contribution in [-0.4, -0.2) is 47.6 Å². The predicted octanol–water partition coefficient (Wildman–Crippen LogP) is 3.29. The van der Waals surface area contributed by atoms with Gasteiger partial charge in [0.15, 0.2) is 0 Å². The monoisotopic (exact) mass is 325 g/mol. The summed E-state index contributed by atoms with van der Waals surface area (Å²) in [4.78, 5) is 14.1. The summed E-state index contributed by atoms with van der Waals surface area (Å²) in [7, 11) is 0. The van der Waals surface area contributed by atoms with Gasteiger partial charge in [0, 0.05) is 43.6 Å². The van der Waals surface area contributed by atoms with Gasteiger partial charge in [0.1, 0.15) is 5.82 Å². The summed E-state index contributed by atoms with van der Waals surface area (Å²) in [5, 5.41) is 3.42. The van der Waals surface area contributed by atoms with E-state index in [9.17, 15) is 0 Å². The number of nitrogens with zero attached hydrogens (tertiary/aromatic N) is 4. The highest BCUT2D eigenvalue weighted by Crippen LogP contribution is 2.21. The van der Waals surface area contributed by atoms with Crippen molar-refractivity contribution in [3.63, 3.8) is 0 Å². The number of hydrogen-bond donors (Lipinski definition) is 1. The van der Waals surface area contributed by atoms with Gasteiger partial charge in [-0.1, -0.05) is 13.0 Å². The molecule has 1 N–H and O–H groups in total. The van der Waals surface area contributed by atoms with Crippen molar-refractivity contribution in [3.05, 3.63) is 41.1 Å². The molecule has 5 nitrogen and oxygen atoms in total. The Morgan fingerprint density at radius 2 is 1.71 bits per heavy atom. The Balaban J connectivity index is 1.77. The summed E-state index contributed by atoms with van der Waals surface area (Å²) in [6.07, 6.45) is 0. The molecule has 0 radical (unpaired) electrons. The van der Waals surface area contributed by atoms with E-state index < -0.39 is 0 Å². The Bertz CT molecular complexity index is 705. The van der Waals surface area contributed by atoms with Gasteiger partial charge < -0.3 is 15.1 Å². The molecular weight excluding hydrogens is 298 g/mol. The fourth-order valence-electron chi connectivity index (χ4n) is 2.99. The molecule has 0 saturated carbocycles. The number of aromatic nitrogens is 2. The van der Waals surface area contributed by atoms with Gasteiger partial charge in [0.05, 0.1) is 0 Å². The van der Waals surface area contributed by atoms with Crippen molar-refractivity contribution in [3.8, 4) is 0 Å². The van der Waals surface area contributed by atoms with Crippen LogP contribution in [-0.2, 0) is 0 Å². The highest BCUT2D eigenvalue weighted by atomic mass is 15.3. The quantitative estimate of drug-likeness (QED) is 0.934. The summed E-state index contributed by atoms with van der Waals surface area (Å²) in [6.45, 7) is 13.7. The molecule has 0 amide bonds. The molecule has 2 heterocycles.